The summed E-state index contributed by atoms with van der Waals surface area (Å²) in [4.78, 5) is 12.1. The molecule has 4 heteroatoms. The molecule has 4 nitrogen and oxygen atoms in total. The average Bonchev–Trinajstić information content (AvgIpc) is 2.11. The second-order valence-electron chi connectivity index (χ2n) is 3.82. The third kappa shape index (κ3) is 3.22. The maximum absolute atomic E-state index is 11.8. The maximum Gasteiger partial charge on any atom is 0.410 e. The Morgan fingerprint density at radius 3 is 2.69 bits per heavy atom. The van der Waals surface area contributed by atoms with E-state index in [9.17, 15) is 9.90 Å². The van der Waals surface area contributed by atoms with Crippen molar-refractivity contribution < 1.29 is 20.1 Å². The van der Waals surface area contributed by atoms with Gasteiger partial charge in [0.05, 0.1) is 8.85 Å². The molecular formula is C9H17NO3. The van der Waals surface area contributed by atoms with Crippen LogP contribution in [0.2, 0.25) is 0 Å². The summed E-state index contributed by atoms with van der Waals surface area (Å²) < 4.78 is 35.1. The van der Waals surface area contributed by atoms with Gasteiger partial charge in [-0.3, -0.25) is 0 Å². The van der Waals surface area contributed by atoms with Crippen LogP contribution >= 0.6 is 0 Å². The molecule has 1 rings (SSSR count). The van der Waals surface area contributed by atoms with Gasteiger partial charge in [0.25, 0.3) is 0 Å². The molecule has 76 valence electrons. The zero-order valence-corrected chi connectivity index (χ0v) is 8.00. The number of nitrogens with zero attached hydrogens (tertiary/aromatic N) is 1. The van der Waals surface area contributed by atoms with Crippen molar-refractivity contribution in [3.8, 4) is 0 Å². The molecule has 1 atom stereocenters. The van der Waals surface area contributed by atoms with Crippen molar-refractivity contribution in [2.24, 2.45) is 0 Å². The van der Waals surface area contributed by atoms with E-state index in [0.717, 1.165) is 0 Å². The van der Waals surface area contributed by atoms with Crippen LogP contribution in [0.4, 0.5) is 4.79 Å². The number of likely N-dealkylation sites (tertiary alicyclic amines) is 1. The number of aliphatic hydroxyl groups excluding tert-OH is 1. The first kappa shape index (κ1) is 5.86. The average molecular weight is 191 g/mol. The molecule has 0 aromatic rings. The molecule has 13 heavy (non-hydrogen) atoms. The van der Waals surface area contributed by atoms with Gasteiger partial charge in [-0.15, -0.1) is 0 Å². The minimum Gasteiger partial charge on any atom is -0.444 e. The monoisotopic (exact) mass is 191 g/mol. The Balaban J connectivity index is 2.98. The molecule has 1 fully saturated rings. The third-order valence-corrected chi connectivity index (χ3v) is 1.30. The lowest BCUT2D eigenvalue weighted by Gasteiger charge is -2.24. The standard InChI is InChI=1S/C9H17NO3/c1-9(2,3)13-8(12)10-5-4-7(11)6-10/h7,11H,4-6H2,1-3H3/t7-/m1/s1/i5D2,6D2. The third-order valence-electron chi connectivity index (χ3n) is 1.30. The van der Waals surface area contributed by atoms with Gasteiger partial charge in [-0.2, -0.15) is 0 Å². The van der Waals surface area contributed by atoms with Crippen molar-refractivity contribution in [3.05, 3.63) is 0 Å². The van der Waals surface area contributed by atoms with Crippen molar-refractivity contribution in [3.63, 3.8) is 0 Å². The largest absolute Gasteiger partial charge is 0.444 e. The first-order valence-corrected chi connectivity index (χ1v) is 4.09. The number of ether oxygens (including phenoxy) is 1. The lowest BCUT2D eigenvalue weighted by molar-refractivity contribution is 0.0270. The first-order valence-electron chi connectivity index (χ1n) is 6.09. The molecule has 0 aromatic heterocycles. The highest BCUT2D eigenvalue weighted by atomic mass is 16.6. The lowest BCUT2D eigenvalue weighted by atomic mass is 10.2. The van der Waals surface area contributed by atoms with Gasteiger partial charge in [0.1, 0.15) is 5.60 Å². The zero-order valence-electron chi connectivity index (χ0n) is 12.0. The van der Waals surface area contributed by atoms with Gasteiger partial charge < -0.3 is 14.7 Å². The van der Waals surface area contributed by atoms with E-state index in [0.29, 0.717) is 4.90 Å². The summed E-state index contributed by atoms with van der Waals surface area (Å²) in [5.74, 6) is 0. The summed E-state index contributed by atoms with van der Waals surface area (Å²) in [6.07, 6.45) is -3.15. The smallest absolute Gasteiger partial charge is 0.410 e. The topological polar surface area (TPSA) is 49.8 Å². The van der Waals surface area contributed by atoms with E-state index >= 15 is 0 Å². The van der Waals surface area contributed by atoms with Crippen LogP contribution in [0.15, 0.2) is 0 Å². The Labute approximate surface area is 84.1 Å². The van der Waals surface area contributed by atoms with Gasteiger partial charge in [-0.05, 0) is 27.2 Å². The summed E-state index contributed by atoms with van der Waals surface area (Å²) in [6, 6.07) is 0. The van der Waals surface area contributed by atoms with Crippen LogP contribution < -0.4 is 0 Å². The summed E-state index contributed by atoms with van der Waals surface area (Å²) in [5, 5.41) is 9.45. The van der Waals surface area contributed by atoms with Crippen molar-refractivity contribution in [1.29, 1.82) is 0 Å². The molecule has 1 heterocycles. The highest BCUT2D eigenvalue weighted by Crippen LogP contribution is 2.14. The fourth-order valence-electron chi connectivity index (χ4n) is 0.843. The lowest BCUT2D eigenvalue weighted by Crippen LogP contribution is -2.35. The predicted octanol–water partition coefficient (Wildman–Crippen LogP) is 0.988. The van der Waals surface area contributed by atoms with Crippen LogP contribution in [0.3, 0.4) is 0 Å². The highest BCUT2D eigenvalue weighted by molar-refractivity contribution is 5.68. The molecular weight excluding hydrogens is 170 g/mol. The van der Waals surface area contributed by atoms with E-state index < -0.39 is 37.2 Å². The van der Waals surface area contributed by atoms with E-state index in [1.54, 1.807) is 20.8 Å². The minimum atomic E-state index is -2.47. The molecule has 0 saturated carbocycles. The summed E-state index contributed by atoms with van der Waals surface area (Å²) in [7, 11) is 0. The Morgan fingerprint density at radius 1 is 1.69 bits per heavy atom. The second-order valence-corrected chi connectivity index (χ2v) is 3.82. The predicted molar refractivity (Wildman–Crippen MR) is 48.4 cm³/mol. The summed E-state index contributed by atoms with van der Waals surface area (Å²) in [6.45, 7) is 0.0741. The fourth-order valence-corrected chi connectivity index (χ4v) is 0.843. The van der Waals surface area contributed by atoms with E-state index in [2.05, 4.69) is 0 Å². The molecule has 1 saturated heterocycles. The van der Waals surface area contributed by atoms with Gasteiger partial charge in [0.15, 0.2) is 0 Å². The molecule has 0 aliphatic carbocycles. The second kappa shape index (κ2) is 3.54. The van der Waals surface area contributed by atoms with Crippen LogP contribution in [0, 0.1) is 0 Å². The Bertz CT molecular complexity index is 327. The van der Waals surface area contributed by atoms with Crippen LogP contribution in [0.25, 0.3) is 0 Å². The van der Waals surface area contributed by atoms with Crippen molar-refractivity contribution in [2.75, 3.05) is 13.0 Å². The Morgan fingerprint density at radius 2 is 2.31 bits per heavy atom. The normalized spacial score (nSPS) is 35.7. The number of rotatable bonds is 0. The summed E-state index contributed by atoms with van der Waals surface area (Å²) in [5.41, 5.74) is -0.850. The van der Waals surface area contributed by atoms with Crippen LogP contribution in [0.5, 0.6) is 0 Å². The van der Waals surface area contributed by atoms with Gasteiger partial charge >= 0.3 is 6.09 Å². The van der Waals surface area contributed by atoms with E-state index in [1.807, 2.05) is 0 Å². The number of carbonyl (C=O) groups is 1. The fraction of sp³-hybridized carbons (Fsp3) is 0.889. The number of carbonyl (C=O) groups excluding carboxylic acids is 1. The number of hydrogen-bond acceptors (Lipinski definition) is 3. The highest BCUT2D eigenvalue weighted by Gasteiger charge is 2.28. The molecule has 1 N–H and O–H groups in total. The van der Waals surface area contributed by atoms with Crippen molar-refractivity contribution in [2.45, 2.75) is 38.9 Å². The zero-order chi connectivity index (χ0) is 13.6. The van der Waals surface area contributed by atoms with E-state index in [1.165, 1.54) is 0 Å². The minimum absolute atomic E-state index is 0.329. The van der Waals surface area contributed by atoms with E-state index in [4.69, 9.17) is 10.2 Å². The molecule has 0 unspecified atom stereocenters. The van der Waals surface area contributed by atoms with Crippen LogP contribution in [-0.2, 0) is 4.74 Å². The van der Waals surface area contributed by atoms with Crippen molar-refractivity contribution >= 4 is 6.09 Å². The van der Waals surface area contributed by atoms with Gasteiger partial charge in [0.2, 0.25) is 0 Å². The number of amides is 1. The Kier molecular flexibility index (Phi) is 1.59. The number of hydrogen-bond donors (Lipinski definition) is 1. The number of aliphatic hydroxyl groups is 1. The molecule has 0 spiro atoms. The van der Waals surface area contributed by atoms with Crippen molar-refractivity contribution in [1.82, 2.24) is 4.90 Å². The van der Waals surface area contributed by atoms with Gasteiger partial charge in [-0.1, -0.05) is 0 Å². The van der Waals surface area contributed by atoms with E-state index in [-0.39, 0.29) is 0 Å². The van der Waals surface area contributed by atoms with Gasteiger partial charge in [0, 0.05) is 15.7 Å². The molecule has 0 bridgehead atoms. The SMILES string of the molecule is [2H]C1([2H])C[C@@H](O)C([2H])([2H])N1C(=O)OC(C)(C)C. The van der Waals surface area contributed by atoms with Gasteiger partial charge in [-0.25, -0.2) is 4.79 Å². The molecule has 0 radical (unpaired) electrons. The Hall–Kier alpha value is -0.770. The van der Waals surface area contributed by atoms with Crippen LogP contribution in [0.1, 0.15) is 32.7 Å². The maximum atomic E-state index is 11.8. The number of β-amino-alcohol motifs (C(OH)–C–C–N with tert-alkyl or cyclic N) is 1. The molecule has 1 amide bonds. The molecule has 0 aromatic carbocycles. The first-order chi connectivity index (χ1) is 7.38. The molecule has 1 aliphatic heterocycles. The molecule has 1 aliphatic rings. The van der Waals surface area contributed by atoms with Crippen LogP contribution in [-0.4, -0.2) is 40.8 Å². The summed E-state index contributed by atoms with van der Waals surface area (Å²) >= 11 is 0. The quantitative estimate of drug-likeness (QED) is 0.621.